The van der Waals surface area contributed by atoms with Crippen molar-refractivity contribution in [3.8, 4) is 11.8 Å². The van der Waals surface area contributed by atoms with E-state index in [1.165, 1.54) is 6.07 Å². The fourth-order valence-corrected chi connectivity index (χ4v) is 1.66. The quantitative estimate of drug-likeness (QED) is 0.783. The van der Waals surface area contributed by atoms with Gasteiger partial charge in [0.15, 0.2) is 6.10 Å². The summed E-state index contributed by atoms with van der Waals surface area (Å²) in [7, 11) is 1.61. The zero-order chi connectivity index (χ0) is 15.0. The van der Waals surface area contributed by atoms with Gasteiger partial charge < -0.3 is 14.8 Å². The third-order valence-electron chi connectivity index (χ3n) is 2.56. The predicted octanol–water partition coefficient (Wildman–Crippen LogP) is 2.13. The predicted molar refractivity (Wildman–Crippen MR) is 75.8 cm³/mol. The normalized spacial score (nSPS) is 11.5. The van der Waals surface area contributed by atoms with Crippen LogP contribution in [0.3, 0.4) is 0 Å². The number of carbonyl (C=O) groups excluding carboxylic acids is 1. The Hall–Kier alpha value is -1.77. The summed E-state index contributed by atoms with van der Waals surface area (Å²) in [5.74, 6) is 0.0597. The molecule has 0 saturated carbocycles. The van der Waals surface area contributed by atoms with E-state index < -0.39 is 6.10 Å². The van der Waals surface area contributed by atoms with Gasteiger partial charge in [-0.2, -0.15) is 5.26 Å². The van der Waals surface area contributed by atoms with Crippen molar-refractivity contribution in [2.75, 3.05) is 20.3 Å². The molecular formula is C14H17ClN2O3. The third-order valence-corrected chi connectivity index (χ3v) is 2.80. The van der Waals surface area contributed by atoms with Crippen molar-refractivity contribution in [1.82, 2.24) is 5.32 Å². The fraction of sp³-hybridized carbons (Fsp3) is 0.429. The molecule has 20 heavy (non-hydrogen) atoms. The SMILES string of the molecule is COCCCNC(=O)C(C)Oc1cc(Cl)ccc1C#N. The average Bonchev–Trinajstić information content (AvgIpc) is 2.43. The number of methoxy groups -OCH3 is 1. The Balaban J connectivity index is 2.57. The Bertz CT molecular complexity index is 500. The standard InChI is InChI=1S/C14H17ClN2O3/c1-10(14(18)17-6-3-7-19-2)20-13-8-12(15)5-4-11(13)9-16/h4-5,8,10H,3,6-7H2,1-2H3,(H,17,18). The van der Waals surface area contributed by atoms with Crippen LogP contribution in [0, 0.1) is 11.3 Å². The molecule has 1 aromatic rings. The zero-order valence-corrected chi connectivity index (χ0v) is 12.2. The van der Waals surface area contributed by atoms with E-state index in [9.17, 15) is 4.79 Å². The molecule has 0 radical (unpaired) electrons. The second kappa shape index (κ2) is 8.41. The number of nitrogens with zero attached hydrogens (tertiary/aromatic N) is 1. The van der Waals surface area contributed by atoms with Crippen LogP contribution in [0.25, 0.3) is 0 Å². The van der Waals surface area contributed by atoms with Crippen LogP contribution in [0.4, 0.5) is 0 Å². The Kier molecular flexibility index (Phi) is 6.85. The molecule has 0 bridgehead atoms. The number of amides is 1. The lowest BCUT2D eigenvalue weighted by atomic mass is 10.2. The number of ether oxygens (including phenoxy) is 2. The van der Waals surface area contributed by atoms with Crippen molar-refractivity contribution in [3.63, 3.8) is 0 Å². The maximum Gasteiger partial charge on any atom is 0.260 e. The Labute approximate surface area is 123 Å². The molecule has 1 aromatic carbocycles. The first kappa shape index (κ1) is 16.3. The molecule has 0 heterocycles. The van der Waals surface area contributed by atoms with E-state index in [-0.39, 0.29) is 5.91 Å². The summed E-state index contributed by atoms with van der Waals surface area (Å²) < 4.78 is 10.4. The molecule has 0 saturated heterocycles. The number of halogens is 1. The summed E-state index contributed by atoms with van der Waals surface area (Å²) in [6.07, 6.45) is 0.0263. The van der Waals surface area contributed by atoms with Gasteiger partial charge in [-0.1, -0.05) is 11.6 Å². The Morgan fingerprint density at radius 2 is 2.30 bits per heavy atom. The second-order valence-electron chi connectivity index (χ2n) is 4.15. The monoisotopic (exact) mass is 296 g/mol. The first-order chi connectivity index (χ1) is 9.58. The lowest BCUT2D eigenvalue weighted by Gasteiger charge is -2.15. The number of hydrogen-bond acceptors (Lipinski definition) is 4. The van der Waals surface area contributed by atoms with Crippen LogP contribution in [-0.4, -0.2) is 32.3 Å². The lowest BCUT2D eigenvalue weighted by molar-refractivity contribution is -0.127. The largest absolute Gasteiger partial charge is 0.479 e. The first-order valence-electron chi connectivity index (χ1n) is 6.21. The topological polar surface area (TPSA) is 71.3 Å². The van der Waals surface area contributed by atoms with E-state index in [4.69, 9.17) is 26.3 Å². The van der Waals surface area contributed by atoms with E-state index in [0.29, 0.717) is 29.5 Å². The molecule has 0 aliphatic carbocycles. The van der Waals surface area contributed by atoms with Crippen molar-refractivity contribution >= 4 is 17.5 Å². The van der Waals surface area contributed by atoms with Crippen LogP contribution >= 0.6 is 11.6 Å². The molecule has 1 amide bonds. The van der Waals surface area contributed by atoms with Crippen LogP contribution in [0.1, 0.15) is 18.9 Å². The van der Waals surface area contributed by atoms with E-state index in [1.807, 2.05) is 6.07 Å². The molecule has 1 atom stereocenters. The highest BCUT2D eigenvalue weighted by Crippen LogP contribution is 2.23. The van der Waals surface area contributed by atoms with Crippen molar-refractivity contribution in [2.24, 2.45) is 0 Å². The highest BCUT2D eigenvalue weighted by molar-refractivity contribution is 6.30. The summed E-state index contributed by atoms with van der Waals surface area (Å²) in [6, 6.07) is 6.67. The smallest absolute Gasteiger partial charge is 0.260 e. The molecule has 1 N–H and O–H groups in total. The highest BCUT2D eigenvalue weighted by Gasteiger charge is 2.16. The first-order valence-corrected chi connectivity index (χ1v) is 6.59. The van der Waals surface area contributed by atoms with Crippen molar-refractivity contribution in [1.29, 1.82) is 5.26 Å². The molecule has 1 unspecified atom stereocenters. The van der Waals surface area contributed by atoms with Gasteiger partial charge in [-0.25, -0.2) is 0 Å². The van der Waals surface area contributed by atoms with Gasteiger partial charge in [-0.15, -0.1) is 0 Å². The van der Waals surface area contributed by atoms with E-state index >= 15 is 0 Å². The van der Waals surface area contributed by atoms with Gasteiger partial charge >= 0.3 is 0 Å². The number of hydrogen-bond donors (Lipinski definition) is 1. The number of nitriles is 1. The maximum atomic E-state index is 11.8. The molecule has 0 aromatic heterocycles. The van der Waals surface area contributed by atoms with Crippen LogP contribution in [0.5, 0.6) is 5.75 Å². The van der Waals surface area contributed by atoms with Crippen molar-refractivity contribution in [2.45, 2.75) is 19.4 Å². The summed E-state index contributed by atoms with van der Waals surface area (Å²) in [6.45, 7) is 2.72. The summed E-state index contributed by atoms with van der Waals surface area (Å²) in [4.78, 5) is 11.8. The number of nitrogens with one attached hydrogen (secondary N) is 1. The Morgan fingerprint density at radius 1 is 1.55 bits per heavy atom. The lowest BCUT2D eigenvalue weighted by Crippen LogP contribution is -2.37. The molecule has 0 fully saturated rings. The molecule has 6 heteroatoms. The van der Waals surface area contributed by atoms with Crippen LogP contribution in [0.15, 0.2) is 18.2 Å². The van der Waals surface area contributed by atoms with Gasteiger partial charge in [0.1, 0.15) is 11.8 Å². The number of rotatable bonds is 7. The molecule has 0 spiro atoms. The average molecular weight is 297 g/mol. The third kappa shape index (κ3) is 5.08. The molecule has 108 valence electrons. The summed E-state index contributed by atoms with van der Waals surface area (Å²) in [5, 5.41) is 12.2. The van der Waals surface area contributed by atoms with Gasteiger partial charge in [-0.05, 0) is 25.5 Å². The number of carbonyl (C=O) groups is 1. The second-order valence-corrected chi connectivity index (χ2v) is 4.59. The van der Waals surface area contributed by atoms with Gasteiger partial charge in [-0.3, -0.25) is 4.79 Å². The molecule has 0 aliphatic rings. The van der Waals surface area contributed by atoms with Crippen molar-refractivity contribution < 1.29 is 14.3 Å². The highest BCUT2D eigenvalue weighted by atomic mass is 35.5. The summed E-state index contributed by atoms with van der Waals surface area (Å²) >= 11 is 5.85. The molecular weight excluding hydrogens is 280 g/mol. The Morgan fingerprint density at radius 3 is 2.95 bits per heavy atom. The summed E-state index contributed by atoms with van der Waals surface area (Å²) in [5.41, 5.74) is 0.341. The fourth-order valence-electron chi connectivity index (χ4n) is 1.50. The molecule has 1 rings (SSSR count). The van der Waals surface area contributed by atoms with Gasteiger partial charge in [0, 0.05) is 31.4 Å². The maximum absolute atomic E-state index is 11.8. The van der Waals surface area contributed by atoms with Crippen LogP contribution in [-0.2, 0) is 9.53 Å². The van der Waals surface area contributed by atoms with Crippen LogP contribution in [0.2, 0.25) is 5.02 Å². The molecule has 0 aliphatic heterocycles. The minimum atomic E-state index is -0.705. The van der Waals surface area contributed by atoms with Gasteiger partial charge in [0.2, 0.25) is 0 Å². The van der Waals surface area contributed by atoms with Gasteiger partial charge in [0.05, 0.1) is 5.56 Å². The number of benzene rings is 1. The van der Waals surface area contributed by atoms with E-state index in [0.717, 1.165) is 6.42 Å². The zero-order valence-electron chi connectivity index (χ0n) is 11.5. The van der Waals surface area contributed by atoms with E-state index in [2.05, 4.69) is 5.32 Å². The van der Waals surface area contributed by atoms with E-state index in [1.54, 1.807) is 26.2 Å². The minimum Gasteiger partial charge on any atom is -0.479 e. The molecule has 5 nitrogen and oxygen atoms in total. The van der Waals surface area contributed by atoms with Crippen molar-refractivity contribution in [3.05, 3.63) is 28.8 Å². The van der Waals surface area contributed by atoms with Crippen LogP contribution < -0.4 is 10.1 Å². The van der Waals surface area contributed by atoms with Gasteiger partial charge in [0.25, 0.3) is 5.91 Å². The minimum absolute atomic E-state index is 0.245.